The number of thiazole rings is 1. The van der Waals surface area contributed by atoms with Gasteiger partial charge in [-0.25, -0.2) is 19.4 Å². The summed E-state index contributed by atoms with van der Waals surface area (Å²) in [6.45, 7) is 10.2. The summed E-state index contributed by atoms with van der Waals surface area (Å²) in [6, 6.07) is 7.77. The number of aliphatic carboxylic acids is 5. The Bertz CT molecular complexity index is 3970. The second kappa shape index (κ2) is 54.2. The van der Waals surface area contributed by atoms with E-state index in [4.69, 9.17) is 36.3 Å². The number of carbonyl (C=O) groups is 17. The number of aromatic hydroxyl groups is 1. The molecule has 1 saturated heterocycles. The molecule has 36 nitrogen and oxygen atoms in total. The average molecular weight is 1760 g/mol. The average Bonchev–Trinajstić information content (AvgIpc) is 1.15. The molecule has 1 aliphatic heterocycles. The lowest BCUT2D eigenvalue weighted by Crippen LogP contribution is -2.50. The van der Waals surface area contributed by atoms with Crippen LogP contribution >= 0.6 is 45.1 Å². The van der Waals surface area contributed by atoms with Crippen molar-refractivity contribution < 1.29 is 131 Å². The van der Waals surface area contributed by atoms with Crippen LogP contribution in [0.2, 0.25) is 0 Å². The summed E-state index contributed by atoms with van der Waals surface area (Å²) in [4.78, 5) is 228. The SMILES string of the molecule is CCCC(=O)OCN(C(=O)[C@@H](CC(=O)[C@H]1CCCCN1C)C(C)CC)[C@H](C[C@@H](OC(C)=O)c1nc(C(=O)N[C@H](CCC(=O)CNC(=O)OCCSSC[C@H](CC(=O)[C@H](Cc2ccccc2)NC(=O)[C@H](CC(=O)O)CC(=O)CC[C@H](NC(=O)CC[C@H](NC(=S)N[C@@H](CCC(=O)O)OC=O)C(=O)O)C(=O)O)C(=O)O)Cc2ccc(O)cc2)cs1)C(C)C. The number of alkyl carbamates (subject to hydrolysis) is 1. The Morgan fingerprint density at radius 1 is 0.700 bits per heavy atom. The van der Waals surface area contributed by atoms with Gasteiger partial charge in [0.1, 0.15) is 40.9 Å². The van der Waals surface area contributed by atoms with Gasteiger partial charge < -0.3 is 86.4 Å². The number of rotatable bonds is 59. The zero-order valence-electron chi connectivity index (χ0n) is 68.2. The number of hydrogen-bond acceptors (Lipinski definition) is 28. The number of phenolic OH excluding ortho intramolecular Hbond substituents is 1. The van der Waals surface area contributed by atoms with E-state index in [-0.39, 0.29) is 116 Å². The standard InChI is InChI=1S/C80H111N9O27S4/c1-8-15-71(102)114-44-89(75(105)57(47(5)9-2)39-65(96)62-18-13-14-31-88(62)7)63(46(3)4)40-66(116-48(6)91)74-85-61(43-118-74)73(104)82-53(34-50-19-22-54(92)23-20-50)21-24-56(94)41-81-80(112)113-32-33-119-120-42-52(76(106)107)37-64(95)60(35-49-16-11-10-12-17-49)84-72(103)51(38-70(100)101)36-55(93)25-26-58(77(108)109)83-67(97)28-27-59(78(110)111)86-79(117)87-68(115-45-90)29-30-69(98)99/h10-12,16-17,19-20,22-23,43,45-47,51-53,57-60,62-63,66,68,92H,8-9,13-15,18,21,24-42,44H2,1-7H3,(H,81,112)(H,82,104)(H,83,97)(H,84,103)(H,98,99)(H,100,101)(H,106,107)(H,108,109)(H,110,111)(H2,86,87,117)/t47?,51-,52-,53+,57-,58-,59-,60-,62+,63+,66+,68+/m0/s1. The number of likely N-dealkylation sites (tertiary alicyclic amines) is 1. The number of hydrogen-bond donors (Lipinski definition) is 12. The maximum absolute atomic E-state index is 15.1. The molecule has 0 aliphatic carbocycles. The van der Waals surface area contributed by atoms with Crippen LogP contribution in [0, 0.1) is 29.6 Å². The fourth-order valence-electron chi connectivity index (χ4n) is 13.0. The predicted molar refractivity (Wildman–Crippen MR) is 441 cm³/mol. The van der Waals surface area contributed by atoms with E-state index >= 15 is 4.79 Å². The number of likely N-dealkylation sites (N-methyl/N-ethyl adjacent to an activating group) is 1. The Morgan fingerprint density at radius 2 is 1.37 bits per heavy atom. The van der Waals surface area contributed by atoms with E-state index in [1.807, 2.05) is 46.6 Å². The number of esters is 2. The van der Waals surface area contributed by atoms with Crippen LogP contribution < -0.4 is 31.9 Å². The molecule has 0 bridgehead atoms. The molecule has 0 radical (unpaired) electrons. The van der Waals surface area contributed by atoms with E-state index < -0.39 is 219 Å². The van der Waals surface area contributed by atoms with Crippen molar-refractivity contribution >= 4 is 151 Å². The monoisotopic (exact) mass is 1760 g/mol. The molecular formula is C80H111N9O27S4. The van der Waals surface area contributed by atoms with Gasteiger partial charge >= 0.3 is 47.9 Å². The third kappa shape index (κ3) is 38.5. The molecule has 4 rings (SSSR count). The van der Waals surface area contributed by atoms with Gasteiger partial charge in [-0.05, 0) is 112 Å². The summed E-state index contributed by atoms with van der Waals surface area (Å²) in [5.74, 6) is -18.1. The lowest BCUT2D eigenvalue weighted by Gasteiger charge is -2.39. The molecule has 662 valence electrons. The van der Waals surface area contributed by atoms with Gasteiger partial charge in [0, 0.05) is 99.6 Å². The number of Topliss-reactive ketones (excluding diaryl/α,β-unsaturated/α-hetero) is 4. The molecule has 1 aromatic heterocycles. The summed E-state index contributed by atoms with van der Waals surface area (Å²) in [5, 5.41) is 74.7. The topological polar surface area (TPSA) is 540 Å². The number of aromatic nitrogens is 1. The van der Waals surface area contributed by atoms with Crippen LogP contribution in [0.15, 0.2) is 60.0 Å². The minimum Gasteiger partial charge on any atom is -0.508 e. The zero-order valence-corrected chi connectivity index (χ0v) is 71.4. The van der Waals surface area contributed by atoms with Crippen LogP contribution in [0.5, 0.6) is 5.75 Å². The molecule has 3 aromatic rings. The van der Waals surface area contributed by atoms with E-state index in [0.717, 1.165) is 52.3 Å². The van der Waals surface area contributed by atoms with Gasteiger partial charge in [-0.2, -0.15) is 0 Å². The number of thiocarbonyl (C=S) groups is 1. The van der Waals surface area contributed by atoms with Crippen LogP contribution in [-0.4, -0.2) is 239 Å². The van der Waals surface area contributed by atoms with Crippen molar-refractivity contribution in [3.63, 3.8) is 0 Å². The number of carboxylic acids is 5. The van der Waals surface area contributed by atoms with E-state index in [1.54, 1.807) is 42.5 Å². The summed E-state index contributed by atoms with van der Waals surface area (Å²) >= 11 is 6.07. The zero-order chi connectivity index (χ0) is 89.1. The van der Waals surface area contributed by atoms with Crippen LogP contribution in [0.25, 0.3) is 0 Å². The number of piperidine rings is 1. The van der Waals surface area contributed by atoms with Gasteiger partial charge in [0.2, 0.25) is 17.7 Å². The Labute approximate surface area is 712 Å². The number of ether oxygens (including phenoxy) is 4. The first kappa shape index (κ1) is 102. The smallest absolute Gasteiger partial charge is 0.407 e. The van der Waals surface area contributed by atoms with Crippen LogP contribution in [0.4, 0.5) is 4.79 Å². The maximum Gasteiger partial charge on any atom is 0.407 e. The van der Waals surface area contributed by atoms with Crippen molar-refractivity contribution in [1.82, 2.24) is 46.7 Å². The maximum atomic E-state index is 15.1. The number of nitrogens with one attached hydrogen (secondary N) is 6. The lowest BCUT2D eigenvalue weighted by atomic mass is 9.82. The Morgan fingerprint density at radius 3 is 1.98 bits per heavy atom. The van der Waals surface area contributed by atoms with Crippen LogP contribution in [-0.2, 0) is 104 Å². The quantitative estimate of drug-likeness (QED) is 0.00528. The molecule has 1 aliphatic rings. The number of benzene rings is 2. The van der Waals surface area contributed by atoms with E-state index in [0.29, 0.717) is 30.4 Å². The number of carbonyl (C=O) groups excluding carboxylic acids is 12. The lowest BCUT2D eigenvalue weighted by molar-refractivity contribution is -0.162. The number of ketones is 4. The van der Waals surface area contributed by atoms with Gasteiger partial charge in [0.05, 0.1) is 43.3 Å². The van der Waals surface area contributed by atoms with Crippen molar-refractivity contribution in [1.29, 1.82) is 0 Å². The molecule has 2 aromatic carbocycles. The highest BCUT2D eigenvalue weighted by Crippen LogP contribution is 2.35. The van der Waals surface area contributed by atoms with Gasteiger partial charge in [-0.15, -0.1) is 11.3 Å². The molecule has 1 unspecified atom stereocenters. The third-order valence-corrected chi connectivity index (χ3v) is 23.4. The Balaban J connectivity index is 1.34. The van der Waals surface area contributed by atoms with Crippen molar-refractivity contribution in [3.8, 4) is 5.75 Å². The Hall–Kier alpha value is -10.2. The normalized spacial score (nSPS) is 15.4. The predicted octanol–water partition coefficient (Wildman–Crippen LogP) is 6.75. The van der Waals surface area contributed by atoms with Crippen molar-refractivity contribution in [2.24, 2.45) is 29.6 Å². The highest BCUT2D eigenvalue weighted by Gasteiger charge is 2.41. The fraction of sp³-hybridized carbons (Fsp3) is 0.588. The van der Waals surface area contributed by atoms with E-state index in [2.05, 4.69) is 36.9 Å². The highest BCUT2D eigenvalue weighted by molar-refractivity contribution is 8.76. The second-order valence-electron chi connectivity index (χ2n) is 29.5. The van der Waals surface area contributed by atoms with Crippen LogP contribution in [0.3, 0.4) is 0 Å². The molecule has 1 fully saturated rings. The molecule has 5 amide bonds. The number of nitrogens with zero attached hydrogens (tertiary/aromatic N) is 3. The summed E-state index contributed by atoms with van der Waals surface area (Å²) in [6.07, 6.45) is -5.21. The first-order valence-electron chi connectivity index (χ1n) is 39.5. The minimum absolute atomic E-state index is 0.0106. The third-order valence-electron chi connectivity index (χ3n) is 19.8. The van der Waals surface area contributed by atoms with Gasteiger partial charge in [0.25, 0.3) is 12.4 Å². The van der Waals surface area contributed by atoms with E-state index in [1.165, 1.54) is 29.3 Å². The van der Waals surface area contributed by atoms with Gasteiger partial charge in [-0.3, -0.25) is 72.0 Å². The number of amides is 5. The summed E-state index contributed by atoms with van der Waals surface area (Å²) in [7, 11) is 4.01. The van der Waals surface area contributed by atoms with Gasteiger partial charge in [-0.1, -0.05) is 112 Å². The molecule has 0 saturated carbocycles. The molecule has 120 heavy (non-hydrogen) atoms. The summed E-state index contributed by atoms with van der Waals surface area (Å²) in [5.41, 5.74) is 1.12. The largest absolute Gasteiger partial charge is 0.508 e. The molecule has 12 atom stereocenters. The fourth-order valence-corrected chi connectivity index (χ4v) is 16.2. The van der Waals surface area contributed by atoms with Crippen molar-refractivity contribution in [3.05, 3.63) is 81.8 Å². The summed E-state index contributed by atoms with van der Waals surface area (Å²) < 4.78 is 21.6. The molecule has 40 heteroatoms. The Kier molecular flexibility index (Phi) is 46.1. The van der Waals surface area contributed by atoms with Gasteiger partial charge in [0.15, 0.2) is 41.5 Å². The molecule has 0 spiro atoms. The number of carboxylic acid groups (broad SMARTS) is 5. The molecular weight excluding hydrogens is 1650 g/mol. The van der Waals surface area contributed by atoms with Crippen molar-refractivity contribution in [2.45, 2.75) is 225 Å². The van der Waals surface area contributed by atoms with Crippen molar-refractivity contribution in [2.75, 3.05) is 45.0 Å². The minimum atomic E-state index is -1.74. The number of phenols is 1. The van der Waals surface area contributed by atoms with E-state index in [9.17, 15) is 102 Å². The second-order valence-corrected chi connectivity index (χ2v) is 33.4. The molecule has 2 heterocycles. The van der Waals surface area contributed by atoms with Crippen LogP contribution in [0.1, 0.15) is 196 Å². The first-order chi connectivity index (χ1) is 56.9. The molecule has 12 N–H and O–H groups in total. The highest BCUT2D eigenvalue weighted by atomic mass is 33.1. The first-order valence-corrected chi connectivity index (χ1v) is 43.2.